The summed E-state index contributed by atoms with van der Waals surface area (Å²) in [4.78, 5) is 30.4. The topological polar surface area (TPSA) is 64.7 Å². The predicted octanol–water partition coefficient (Wildman–Crippen LogP) is 5.69. The third-order valence-electron chi connectivity index (χ3n) is 7.63. The Morgan fingerprint density at radius 1 is 0.921 bits per heavy atom. The maximum absolute atomic E-state index is 13.1. The van der Waals surface area contributed by atoms with Gasteiger partial charge < -0.3 is 15.5 Å². The van der Waals surface area contributed by atoms with Crippen LogP contribution in [0.15, 0.2) is 78.9 Å². The largest absolute Gasteiger partial charge is 0.361 e. The molecule has 3 aromatic rings. The first-order chi connectivity index (χ1) is 18.5. The SMILES string of the molecule is CC(C)CCN1C(=O)c2ccccc2C1Nc1ccc(C(=O)NC2CCN(Cc3ccccc3)CC2)cc1. The molecule has 198 valence electrons. The maximum Gasteiger partial charge on any atom is 0.256 e. The monoisotopic (exact) mass is 510 g/mol. The number of hydrogen-bond donors (Lipinski definition) is 2. The van der Waals surface area contributed by atoms with Crippen molar-refractivity contribution >= 4 is 17.5 Å². The quantitative estimate of drug-likeness (QED) is 0.388. The van der Waals surface area contributed by atoms with Crippen LogP contribution in [0.25, 0.3) is 0 Å². The van der Waals surface area contributed by atoms with Crippen LogP contribution in [0.1, 0.15) is 71.1 Å². The molecule has 0 spiro atoms. The third-order valence-corrected chi connectivity index (χ3v) is 7.63. The summed E-state index contributed by atoms with van der Waals surface area (Å²) in [5, 5.41) is 6.77. The molecule has 0 radical (unpaired) electrons. The van der Waals surface area contributed by atoms with E-state index in [1.165, 1.54) is 5.56 Å². The zero-order valence-electron chi connectivity index (χ0n) is 22.4. The minimum atomic E-state index is -0.210. The summed E-state index contributed by atoms with van der Waals surface area (Å²) in [6, 6.07) is 26.2. The lowest BCUT2D eigenvalue weighted by Gasteiger charge is -2.32. The Labute approximate surface area is 226 Å². The molecule has 38 heavy (non-hydrogen) atoms. The summed E-state index contributed by atoms with van der Waals surface area (Å²) in [7, 11) is 0. The van der Waals surface area contributed by atoms with Crippen LogP contribution >= 0.6 is 0 Å². The Morgan fingerprint density at radius 3 is 2.32 bits per heavy atom. The van der Waals surface area contributed by atoms with Crippen molar-refractivity contribution in [2.24, 2.45) is 5.92 Å². The van der Waals surface area contributed by atoms with Crippen LogP contribution in [0.2, 0.25) is 0 Å². The van der Waals surface area contributed by atoms with Gasteiger partial charge >= 0.3 is 0 Å². The molecule has 6 nitrogen and oxygen atoms in total. The average molecular weight is 511 g/mol. The highest BCUT2D eigenvalue weighted by atomic mass is 16.2. The zero-order valence-corrected chi connectivity index (χ0v) is 22.4. The summed E-state index contributed by atoms with van der Waals surface area (Å²) in [6.45, 7) is 7.98. The number of benzene rings is 3. The van der Waals surface area contributed by atoms with Gasteiger partial charge in [0.15, 0.2) is 0 Å². The third kappa shape index (κ3) is 6.08. The molecule has 3 aromatic carbocycles. The number of nitrogens with zero attached hydrogens (tertiary/aromatic N) is 2. The molecule has 0 aliphatic carbocycles. The first kappa shape index (κ1) is 26.0. The number of rotatable bonds is 9. The second kappa shape index (κ2) is 11.8. The van der Waals surface area contributed by atoms with Crippen molar-refractivity contribution in [3.63, 3.8) is 0 Å². The summed E-state index contributed by atoms with van der Waals surface area (Å²) < 4.78 is 0. The molecule has 2 amide bonds. The van der Waals surface area contributed by atoms with Crippen molar-refractivity contribution in [1.82, 2.24) is 15.1 Å². The molecule has 6 heteroatoms. The van der Waals surface area contributed by atoms with Crippen molar-refractivity contribution in [3.8, 4) is 0 Å². The van der Waals surface area contributed by atoms with Gasteiger partial charge in [0.1, 0.15) is 6.17 Å². The molecule has 1 atom stereocenters. The van der Waals surface area contributed by atoms with Crippen molar-refractivity contribution in [1.29, 1.82) is 0 Å². The molecule has 5 rings (SSSR count). The number of fused-ring (bicyclic) bond motifs is 1. The highest BCUT2D eigenvalue weighted by Gasteiger charge is 2.36. The Balaban J connectivity index is 1.17. The smallest absolute Gasteiger partial charge is 0.256 e. The van der Waals surface area contributed by atoms with Crippen molar-refractivity contribution in [2.45, 2.75) is 51.9 Å². The van der Waals surface area contributed by atoms with E-state index in [1.54, 1.807) is 0 Å². The highest BCUT2D eigenvalue weighted by Crippen LogP contribution is 2.34. The minimum Gasteiger partial charge on any atom is -0.361 e. The molecule has 1 fully saturated rings. The highest BCUT2D eigenvalue weighted by molar-refractivity contribution is 5.99. The standard InChI is InChI=1S/C32H38N4O2/c1-23(2)16-21-36-30(28-10-6-7-11-29(28)32(36)38)33-26-14-12-25(13-15-26)31(37)34-27-17-19-35(20-18-27)22-24-8-4-3-5-9-24/h3-15,23,27,30,33H,16-22H2,1-2H3,(H,34,37). The van der Waals surface area contributed by atoms with Crippen LogP contribution in [0, 0.1) is 5.92 Å². The van der Waals surface area contributed by atoms with E-state index in [0.717, 1.165) is 55.7 Å². The molecule has 2 N–H and O–H groups in total. The summed E-state index contributed by atoms with van der Waals surface area (Å²) in [5.74, 6) is 0.559. The molecular formula is C32H38N4O2. The van der Waals surface area contributed by atoms with Gasteiger partial charge in [-0.3, -0.25) is 14.5 Å². The summed E-state index contributed by atoms with van der Waals surface area (Å²) >= 11 is 0. The van der Waals surface area contributed by atoms with E-state index in [9.17, 15) is 9.59 Å². The molecule has 2 aliphatic rings. The van der Waals surface area contributed by atoms with Gasteiger partial charge in [-0.2, -0.15) is 0 Å². The molecule has 2 aliphatic heterocycles. The van der Waals surface area contributed by atoms with Crippen LogP contribution in [0.5, 0.6) is 0 Å². The number of likely N-dealkylation sites (tertiary alicyclic amines) is 1. The van der Waals surface area contributed by atoms with E-state index in [-0.39, 0.29) is 24.0 Å². The van der Waals surface area contributed by atoms with Gasteiger partial charge in [0.25, 0.3) is 11.8 Å². The van der Waals surface area contributed by atoms with Crippen LogP contribution in [0.3, 0.4) is 0 Å². The number of amides is 2. The van der Waals surface area contributed by atoms with Gasteiger partial charge in [0, 0.05) is 54.6 Å². The van der Waals surface area contributed by atoms with Crippen LogP contribution in [0.4, 0.5) is 5.69 Å². The number of anilines is 1. The summed E-state index contributed by atoms with van der Waals surface area (Å²) in [6.07, 6.45) is 2.65. The normalized spacial score (nSPS) is 18.0. The van der Waals surface area contributed by atoms with E-state index in [1.807, 2.05) is 59.5 Å². The Bertz CT molecular complexity index is 1230. The first-order valence-corrected chi connectivity index (χ1v) is 13.8. The first-order valence-electron chi connectivity index (χ1n) is 13.8. The number of carbonyl (C=O) groups excluding carboxylic acids is 2. The lowest BCUT2D eigenvalue weighted by atomic mass is 10.0. The Hall–Kier alpha value is -3.64. The van der Waals surface area contributed by atoms with E-state index in [2.05, 4.69) is 53.6 Å². The van der Waals surface area contributed by atoms with Gasteiger partial charge in [0.05, 0.1) is 0 Å². The molecule has 0 aromatic heterocycles. The molecule has 0 bridgehead atoms. The van der Waals surface area contributed by atoms with E-state index >= 15 is 0 Å². The van der Waals surface area contributed by atoms with Gasteiger partial charge in [-0.1, -0.05) is 62.4 Å². The fraction of sp³-hybridized carbons (Fsp3) is 0.375. The van der Waals surface area contributed by atoms with E-state index in [4.69, 9.17) is 0 Å². The predicted molar refractivity (Wildman–Crippen MR) is 152 cm³/mol. The number of hydrogen-bond acceptors (Lipinski definition) is 4. The average Bonchev–Trinajstić information content (AvgIpc) is 3.20. The number of carbonyl (C=O) groups is 2. The Morgan fingerprint density at radius 2 is 1.61 bits per heavy atom. The lowest BCUT2D eigenvalue weighted by molar-refractivity contribution is 0.0734. The second-order valence-corrected chi connectivity index (χ2v) is 10.9. The fourth-order valence-electron chi connectivity index (χ4n) is 5.38. The van der Waals surface area contributed by atoms with Crippen molar-refractivity contribution in [3.05, 3.63) is 101 Å². The summed E-state index contributed by atoms with van der Waals surface area (Å²) in [5.41, 5.74) is 4.64. The van der Waals surface area contributed by atoms with E-state index in [0.29, 0.717) is 18.0 Å². The lowest BCUT2D eigenvalue weighted by Crippen LogP contribution is -2.44. The second-order valence-electron chi connectivity index (χ2n) is 10.9. The molecule has 0 saturated carbocycles. The van der Waals surface area contributed by atoms with Gasteiger partial charge in [-0.15, -0.1) is 0 Å². The van der Waals surface area contributed by atoms with Gasteiger partial charge in [0.2, 0.25) is 0 Å². The van der Waals surface area contributed by atoms with E-state index < -0.39 is 0 Å². The van der Waals surface area contributed by atoms with Crippen molar-refractivity contribution < 1.29 is 9.59 Å². The number of nitrogens with one attached hydrogen (secondary N) is 2. The number of piperidine rings is 1. The van der Waals surface area contributed by atoms with Crippen LogP contribution in [-0.2, 0) is 6.54 Å². The van der Waals surface area contributed by atoms with Gasteiger partial charge in [-0.05, 0) is 61.1 Å². The molecule has 2 heterocycles. The van der Waals surface area contributed by atoms with Crippen LogP contribution < -0.4 is 10.6 Å². The fourth-order valence-corrected chi connectivity index (χ4v) is 5.38. The zero-order chi connectivity index (χ0) is 26.5. The molecule has 1 saturated heterocycles. The Kier molecular flexibility index (Phi) is 8.08. The van der Waals surface area contributed by atoms with Crippen LogP contribution in [-0.4, -0.2) is 47.3 Å². The maximum atomic E-state index is 13.1. The van der Waals surface area contributed by atoms with Gasteiger partial charge in [-0.25, -0.2) is 0 Å². The minimum absolute atomic E-state index is 0.0296. The molecule has 1 unspecified atom stereocenters. The molecular weight excluding hydrogens is 472 g/mol. The van der Waals surface area contributed by atoms with Crippen molar-refractivity contribution in [2.75, 3.05) is 25.0 Å².